The van der Waals surface area contributed by atoms with Crippen molar-refractivity contribution in [3.05, 3.63) is 0 Å². The van der Waals surface area contributed by atoms with Crippen LogP contribution in [-0.4, -0.2) is 24.5 Å². The van der Waals surface area contributed by atoms with E-state index in [1.165, 1.54) is 6.42 Å². The van der Waals surface area contributed by atoms with E-state index in [-0.39, 0.29) is 0 Å². The van der Waals surface area contributed by atoms with Crippen LogP contribution in [0.2, 0.25) is 0 Å². The summed E-state index contributed by atoms with van der Waals surface area (Å²) in [5.41, 5.74) is 0.391. The molecule has 0 saturated heterocycles. The van der Waals surface area contributed by atoms with Gasteiger partial charge in [-0.05, 0) is 24.3 Å². The fourth-order valence-electron chi connectivity index (χ4n) is 1.51. The first-order valence-electron chi connectivity index (χ1n) is 5.94. The first-order chi connectivity index (χ1) is 6.85. The monoisotopic (exact) mass is 210 g/mol. The first kappa shape index (κ1) is 14.5. The Morgan fingerprint density at radius 3 is 2.20 bits per heavy atom. The lowest BCUT2D eigenvalue weighted by molar-refractivity contribution is 0.211. The average Bonchev–Trinajstić information content (AvgIpc) is 2.07. The SMILES string of the molecule is CC(C)CN(CCC#N)CCC(C)(C)C. The van der Waals surface area contributed by atoms with Crippen LogP contribution in [0.1, 0.15) is 47.5 Å². The third-order valence-electron chi connectivity index (χ3n) is 2.34. The second-order valence-electron chi connectivity index (χ2n) is 5.91. The second kappa shape index (κ2) is 6.85. The minimum Gasteiger partial charge on any atom is -0.302 e. The molecule has 0 N–H and O–H groups in total. The van der Waals surface area contributed by atoms with Crippen molar-refractivity contribution in [3.8, 4) is 6.07 Å². The summed E-state index contributed by atoms with van der Waals surface area (Å²) in [5.74, 6) is 0.684. The molecule has 0 atom stereocenters. The zero-order valence-corrected chi connectivity index (χ0v) is 11.0. The zero-order valence-electron chi connectivity index (χ0n) is 11.0. The van der Waals surface area contributed by atoms with E-state index in [4.69, 9.17) is 5.26 Å². The van der Waals surface area contributed by atoms with Crippen LogP contribution in [0.4, 0.5) is 0 Å². The van der Waals surface area contributed by atoms with Gasteiger partial charge in [-0.25, -0.2) is 0 Å². The summed E-state index contributed by atoms with van der Waals surface area (Å²) < 4.78 is 0. The van der Waals surface area contributed by atoms with Gasteiger partial charge in [0.2, 0.25) is 0 Å². The van der Waals surface area contributed by atoms with Gasteiger partial charge < -0.3 is 4.90 Å². The van der Waals surface area contributed by atoms with Crippen molar-refractivity contribution < 1.29 is 0 Å². The number of hydrogen-bond donors (Lipinski definition) is 0. The fraction of sp³-hybridized carbons (Fsp3) is 0.923. The number of nitriles is 1. The van der Waals surface area contributed by atoms with E-state index in [9.17, 15) is 0 Å². The van der Waals surface area contributed by atoms with Crippen LogP contribution in [-0.2, 0) is 0 Å². The molecule has 0 amide bonds. The van der Waals surface area contributed by atoms with Crippen LogP contribution in [0.3, 0.4) is 0 Å². The number of rotatable bonds is 6. The smallest absolute Gasteiger partial charge is 0.0635 e. The maximum Gasteiger partial charge on any atom is 0.0635 e. The molecule has 0 heterocycles. The molecule has 2 heteroatoms. The molecule has 0 fully saturated rings. The zero-order chi connectivity index (χ0) is 11.9. The van der Waals surface area contributed by atoms with E-state index < -0.39 is 0 Å². The van der Waals surface area contributed by atoms with Gasteiger partial charge >= 0.3 is 0 Å². The van der Waals surface area contributed by atoms with Crippen molar-refractivity contribution in [3.63, 3.8) is 0 Å². The highest BCUT2D eigenvalue weighted by atomic mass is 15.1. The molecule has 0 unspecified atom stereocenters. The second-order valence-corrected chi connectivity index (χ2v) is 5.91. The lowest BCUT2D eigenvalue weighted by Gasteiger charge is -2.27. The topological polar surface area (TPSA) is 27.0 Å². The third-order valence-corrected chi connectivity index (χ3v) is 2.34. The number of hydrogen-bond acceptors (Lipinski definition) is 2. The average molecular weight is 210 g/mol. The van der Waals surface area contributed by atoms with Gasteiger partial charge in [0.15, 0.2) is 0 Å². The normalized spacial score (nSPS) is 12.1. The van der Waals surface area contributed by atoms with Crippen LogP contribution in [0.25, 0.3) is 0 Å². The molecule has 0 aromatic rings. The van der Waals surface area contributed by atoms with E-state index in [1.807, 2.05) is 0 Å². The van der Waals surface area contributed by atoms with Crippen LogP contribution >= 0.6 is 0 Å². The molecule has 0 rings (SSSR count). The predicted molar refractivity (Wildman–Crippen MR) is 65.6 cm³/mol. The largest absolute Gasteiger partial charge is 0.302 e. The standard InChI is InChI=1S/C13H26N2/c1-12(2)11-15(9-6-8-14)10-7-13(3,4)5/h12H,6-7,9-11H2,1-5H3. The number of nitrogens with zero attached hydrogens (tertiary/aromatic N) is 2. The maximum absolute atomic E-state index is 8.60. The van der Waals surface area contributed by atoms with Gasteiger partial charge in [-0.1, -0.05) is 34.6 Å². The van der Waals surface area contributed by atoms with Gasteiger partial charge in [-0.3, -0.25) is 0 Å². The highest BCUT2D eigenvalue weighted by molar-refractivity contribution is 4.74. The molecule has 0 radical (unpaired) electrons. The molecular formula is C13H26N2. The van der Waals surface area contributed by atoms with Crippen molar-refractivity contribution >= 4 is 0 Å². The first-order valence-corrected chi connectivity index (χ1v) is 5.94. The van der Waals surface area contributed by atoms with E-state index >= 15 is 0 Å². The van der Waals surface area contributed by atoms with Crippen LogP contribution in [0.15, 0.2) is 0 Å². The van der Waals surface area contributed by atoms with Crippen molar-refractivity contribution in [1.29, 1.82) is 5.26 Å². The molecule has 88 valence electrons. The molecule has 0 aliphatic carbocycles. The van der Waals surface area contributed by atoms with Crippen molar-refractivity contribution in [2.45, 2.75) is 47.5 Å². The van der Waals surface area contributed by atoms with Gasteiger partial charge in [0.1, 0.15) is 0 Å². The molecule has 0 aromatic heterocycles. The molecule has 0 saturated carbocycles. The molecule has 0 aliphatic heterocycles. The van der Waals surface area contributed by atoms with Crippen LogP contribution in [0, 0.1) is 22.7 Å². The Bertz CT molecular complexity index is 196. The summed E-state index contributed by atoms with van der Waals surface area (Å²) in [6, 6.07) is 2.23. The highest BCUT2D eigenvalue weighted by Gasteiger charge is 2.13. The van der Waals surface area contributed by atoms with Crippen LogP contribution in [0.5, 0.6) is 0 Å². The van der Waals surface area contributed by atoms with E-state index in [0.717, 1.165) is 19.6 Å². The quantitative estimate of drug-likeness (QED) is 0.672. The van der Waals surface area contributed by atoms with E-state index in [2.05, 4.69) is 45.6 Å². The Labute approximate surface area is 95.3 Å². The lowest BCUT2D eigenvalue weighted by atomic mass is 9.92. The Morgan fingerprint density at radius 2 is 1.80 bits per heavy atom. The van der Waals surface area contributed by atoms with E-state index in [0.29, 0.717) is 17.8 Å². The van der Waals surface area contributed by atoms with Gasteiger partial charge in [0.25, 0.3) is 0 Å². The molecule has 0 aromatic carbocycles. The minimum atomic E-state index is 0.391. The van der Waals surface area contributed by atoms with Gasteiger partial charge in [0, 0.05) is 19.5 Å². The summed E-state index contributed by atoms with van der Waals surface area (Å²) in [7, 11) is 0. The Morgan fingerprint density at radius 1 is 1.20 bits per heavy atom. The van der Waals surface area contributed by atoms with Gasteiger partial charge in [-0.15, -0.1) is 0 Å². The Kier molecular flexibility index (Phi) is 6.60. The fourth-order valence-corrected chi connectivity index (χ4v) is 1.51. The summed E-state index contributed by atoms with van der Waals surface area (Å²) >= 11 is 0. The Balaban J connectivity index is 3.96. The summed E-state index contributed by atoms with van der Waals surface area (Å²) in [5, 5.41) is 8.60. The minimum absolute atomic E-state index is 0.391. The highest BCUT2D eigenvalue weighted by Crippen LogP contribution is 2.19. The summed E-state index contributed by atoms with van der Waals surface area (Å²) in [6.07, 6.45) is 1.85. The predicted octanol–water partition coefficient (Wildman–Crippen LogP) is 3.29. The molecule has 0 aliphatic rings. The molecule has 0 bridgehead atoms. The molecular weight excluding hydrogens is 184 g/mol. The van der Waals surface area contributed by atoms with Gasteiger partial charge in [-0.2, -0.15) is 5.26 Å². The maximum atomic E-state index is 8.60. The van der Waals surface area contributed by atoms with Crippen molar-refractivity contribution in [1.82, 2.24) is 4.90 Å². The summed E-state index contributed by atoms with van der Waals surface area (Å²) in [4.78, 5) is 2.42. The van der Waals surface area contributed by atoms with Crippen molar-refractivity contribution in [2.75, 3.05) is 19.6 Å². The molecule has 0 spiro atoms. The molecule has 2 nitrogen and oxygen atoms in total. The molecule has 15 heavy (non-hydrogen) atoms. The van der Waals surface area contributed by atoms with Gasteiger partial charge in [0.05, 0.1) is 6.07 Å². The summed E-state index contributed by atoms with van der Waals surface area (Å²) in [6.45, 7) is 14.4. The van der Waals surface area contributed by atoms with Crippen LogP contribution < -0.4 is 0 Å². The lowest BCUT2D eigenvalue weighted by Crippen LogP contribution is -2.31. The van der Waals surface area contributed by atoms with E-state index in [1.54, 1.807) is 0 Å². The third kappa shape index (κ3) is 9.75. The van der Waals surface area contributed by atoms with Crippen molar-refractivity contribution in [2.24, 2.45) is 11.3 Å². The Hall–Kier alpha value is -0.550.